The van der Waals surface area contributed by atoms with Gasteiger partial charge in [0, 0.05) is 17.6 Å². The number of nitrogens with one attached hydrogen (secondary N) is 1. The number of carbonyl (C=O) groups is 1. The largest absolute Gasteiger partial charge is 0.496 e. The summed E-state index contributed by atoms with van der Waals surface area (Å²) in [4.78, 5) is 12.1. The van der Waals surface area contributed by atoms with Gasteiger partial charge in [-0.1, -0.05) is 19.8 Å². The zero-order chi connectivity index (χ0) is 14.9. The Morgan fingerprint density at radius 1 is 1.50 bits per heavy atom. The first-order valence-corrected chi connectivity index (χ1v) is 7.78. The van der Waals surface area contributed by atoms with Crippen LogP contribution < -0.4 is 10.1 Å². The number of benzene rings is 1. The van der Waals surface area contributed by atoms with E-state index in [0.717, 1.165) is 0 Å². The van der Waals surface area contributed by atoms with Gasteiger partial charge in [-0.2, -0.15) is 12.7 Å². The van der Waals surface area contributed by atoms with Crippen LogP contribution in [0.2, 0.25) is 0 Å². The van der Waals surface area contributed by atoms with Gasteiger partial charge in [-0.25, -0.2) is 0 Å². The molecule has 0 saturated carbocycles. The van der Waals surface area contributed by atoms with Crippen molar-refractivity contribution in [1.29, 1.82) is 0 Å². The molecule has 0 aliphatic carbocycles. The van der Waals surface area contributed by atoms with Crippen LogP contribution in [0.5, 0.6) is 5.75 Å². The average Bonchev–Trinajstić information content (AvgIpc) is 2.31. The number of carbonyl (C=O) groups excluding carboxylic acids is 1. The van der Waals surface area contributed by atoms with Crippen LogP contribution in [0.3, 0.4) is 0 Å². The summed E-state index contributed by atoms with van der Waals surface area (Å²) in [5, 5.41) is 2.62. The molecule has 20 heavy (non-hydrogen) atoms. The van der Waals surface area contributed by atoms with E-state index in [1.165, 1.54) is 7.11 Å². The van der Waals surface area contributed by atoms with Gasteiger partial charge in [-0.15, -0.1) is 0 Å². The lowest BCUT2D eigenvalue weighted by atomic mass is 10.1. The second-order valence-corrected chi connectivity index (χ2v) is 6.53. The Kier molecular flexibility index (Phi) is 4.31. The van der Waals surface area contributed by atoms with Crippen LogP contribution in [0.1, 0.15) is 10.4 Å². The molecule has 2 rings (SSSR count). The van der Waals surface area contributed by atoms with E-state index >= 15 is 0 Å². The predicted molar refractivity (Wildman–Crippen MR) is 73.5 cm³/mol. The number of hydrogen-bond acceptors (Lipinski definition) is 4. The van der Waals surface area contributed by atoms with Gasteiger partial charge < -0.3 is 10.1 Å². The smallest absolute Gasteiger partial charge is 0.374 e. The summed E-state index contributed by atoms with van der Waals surface area (Å²) in [6.07, 6.45) is 0. The Morgan fingerprint density at radius 3 is 2.70 bits per heavy atom. The summed E-state index contributed by atoms with van der Waals surface area (Å²) >= 11 is 3.25. The van der Waals surface area contributed by atoms with E-state index in [0.29, 0.717) is 20.1 Å². The Morgan fingerprint density at radius 2 is 2.15 bits per heavy atom. The Labute approximate surface area is 124 Å². The first kappa shape index (κ1) is 15.2. The molecule has 0 bridgehead atoms. The summed E-state index contributed by atoms with van der Waals surface area (Å²) < 4.78 is 40.2. The number of amides is 1. The molecular formula is C11H12BrFN2O4S. The molecule has 1 fully saturated rings. The molecule has 1 heterocycles. The van der Waals surface area contributed by atoms with Crippen LogP contribution in [0.15, 0.2) is 22.7 Å². The number of rotatable bonds is 4. The zero-order valence-corrected chi connectivity index (χ0v) is 12.9. The molecule has 1 N–H and O–H groups in total. The molecule has 1 aliphatic rings. The molecule has 1 aromatic carbocycles. The summed E-state index contributed by atoms with van der Waals surface area (Å²) in [6, 6.07) is 4.56. The van der Waals surface area contributed by atoms with Gasteiger partial charge in [0.1, 0.15) is 5.75 Å². The molecule has 1 saturated heterocycles. The van der Waals surface area contributed by atoms with E-state index < -0.39 is 22.4 Å². The van der Waals surface area contributed by atoms with Gasteiger partial charge in [0.25, 0.3) is 5.91 Å². The van der Waals surface area contributed by atoms with E-state index in [1.807, 2.05) is 0 Å². The highest BCUT2D eigenvalue weighted by molar-refractivity contribution is 9.10. The number of halogens is 2. The second kappa shape index (κ2) is 5.66. The maximum absolute atomic E-state index is 12.6. The molecule has 1 aliphatic heterocycles. The van der Waals surface area contributed by atoms with Crippen molar-refractivity contribution in [3.8, 4) is 5.75 Å². The standard InChI is InChI=1S/C11H12BrFN2O4S/c1-19-10-3-2-7(12)4-9(10)11(16)14-8-5-15(6-8)20(13,17)18/h2-4,8H,5-6H2,1H3,(H,14,16). The highest BCUT2D eigenvalue weighted by Crippen LogP contribution is 2.23. The van der Waals surface area contributed by atoms with Gasteiger partial charge in [0.05, 0.1) is 18.7 Å². The number of methoxy groups -OCH3 is 1. The lowest BCUT2D eigenvalue weighted by Gasteiger charge is -2.35. The van der Waals surface area contributed by atoms with Gasteiger partial charge in [0.15, 0.2) is 0 Å². The minimum Gasteiger partial charge on any atom is -0.496 e. The van der Waals surface area contributed by atoms with Crippen molar-refractivity contribution in [2.75, 3.05) is 20.2 Å². The minimum atomic E-state index is -4.67. The highest BCUT2D eigenvalue weighted by Gasteiger charge is 2.36. The van der Waals surface area contributed by atoms with Gasteiger partial charge in [-0.3, -0.25) is 4.79 Å². The molecule has 0 radical (unpaired) electrons. The number of ether oxygens (including phenoxy) is 1. The van der Waals surface area contributed by atoms with Gasteiger partial charge in [-0.05, 0) is 18.2 Å². The molecule has 0 spiro atoms. The fourth-order valence-corrected chi connectivity index (χ4v) is 2.91. The molecule has 0 unspecified atom stereocenters. The third kappa shape index (κ3) is 3.28. The number of nitrogens with zero attached hydrogens (tertiary/aromatic N) is 1. The summed E-state index contributed by atoms with van der Waals surface area (Å²) in [5.41, 5.74) is 0.323. The third-order valence-electron chi connectivity index (χ3n) is 2.90. The monoisotopic (exact) mass is 366 g/mol. The van der Waals surface area contributed by atoms with E-state index in [2.05, 4.69) is 21.2 Å². The normalized spacial score (nSPS) is 16.6. The highest BCUT2D eigenvalue weighted by atomic mass is 79.9. The molecule has 0 aromatic heterocycles. The quantitative estimate of drug-likeness (QED) is 0.809. The Balaban J connectivity index is 2.02. The van der Waals surface area contributed by atoms with E-state index in [4.69, 9.17) is 4.74 Å². The summed E-state index contributed by atoms with van der Waals surface area (Å²) in [7, 11) is -3.22. The first-order chi connectivity index (χ1) is 9.31. The molecule has 9 heteroatoms. The van der Waals surface area contributed by atoms with Crippen LogP contribution in [0.25, 0.3) is 0 Å². The maximum Gasteiger partial charge on any atom is 0.374 e. The fourth-order valence-electron chi connectivity index (χ4n) is 1.83. The van der Waals surface area contributed by atoms with Crippen molar-refractivity contribution in [2.45, 2.75) is 6.04 Å². The zero-order valence-electron chi connectivity index (χ0n) is 10.5. The predicted octanol–water partition coefficient (Wildman–Crippen LogP) is 1.09. The van der Waals surface area contributed by atoms with E-state index in [-0.39, 0.29) is 13.1 Å². The third-order valence-corrected chi connectivity index (χ3v) is 4.31. The van der Waals surface area contributed by atoms with E-state index in [9.17, 15) is 17.1 Å². The van der Waals surface area contributed by atoms with Crippen molar-refractivity contribution in [2.24, 2.45) is 0 Å². The van der Waals surface area contributed by atoms with Gasteiger partial charge >= 0.3 is 10.4 Å². The molecule has 1 amide bonds. The van der Waals surface area contributed by atoms with Crippen molar-refractivity contribution in [1.82, 2.24) is 9.62 Å². The van der Waals surface area contributed by atoms with Crippen LogP contribution in [-0.4, -0.2) is 44.9 Å². The topological polar surface area (TPSA) is 75.7 Å². The maximum atomic E-state index is 12.6. The van der Waals surface area contributed by atoms with Crippen molar-refractivity contribution in [3.05, 3.63) is 28.2 Å². The average molecular weight is 367 g/mol. The molecule has 6 nitrogen and oxygen atoms in total. The number of hydrogen-bond donors (Lipinski definition) is 1. The molecule has 0 atom stereocenters. The molecular weight excluding hydrogens is 355 g/mol. The van der Waals surface area contributed by atoms with Crippen LogP contribution in [0, 0.1) is 0 Å². The SMILES string of the molecule is COc1ccc(Br)cc1C(=O)NC1CN(S(=O)(=O)F)C1. The molecule has 1 aromatic rings. The summed E-state index contributed by atoms with van der Waals surface area (Å²) in [5.74, 6) is 0.00375. The van der Waals surface area contributed by atoms with Crippen molar-refractivity contribution < 1.29 is 21.8 Å². The van der Waals surface area contributed by atoms with E-state index in [1.54, 1.807) is 18.2 Å². The van der Waals surface area contributed by atoms with Crippen LogP contribution >= 0.6 is 15.9 Å². The second-order valence-electron chi connectivity index (χ2n) is 4.27. The minimum absolute atomic E-state index is 0.0686. The fraction of sp³-hybridized carbons (Fsp3) is 0.364. The molecule has 110 valence electrons. The van der Waals surface area contributed by atoms with Crippen LogP contribution in [0.4, 0.5) is 3.89 Å². The first-order valence-electron chi connectivity index (χ1n) is 5.65. The Hall–Kier alpha value is -1.19. The lowest BCUT2D eigenvalue weighted by molar-refractivity contribution is 0.0889. The van der Waals surface area contributed by atoms with Crippen LogP contribution in [-0.2, 0) is 10.4 Å². The van der Waals surface area contributed by atoms with Crippen molar-refractivity contribution >= 4 is 32.2 Å². The summed E-state index contributed by atoms with van der Waals surface area (Å²) in [6.45, 7) is -0.137. The Bertz CT molecular complexity index is 631. The van der Waals surface area contributed by atoms with Gasteiger partial charge in [0.2, 0.25) is 0 Å². The van der Waals surface area contributed by atoms with Crippen molar-refractivity contribution in [3.63, 3.8) is 0 Å². The lowest BCUT2D eigenvalue weighted by Crippen LogP contribution is -2.60.